The molecule has 5 nitrogen and oxygen atoms in total. The van der Waals surface area contributed by atoms with Gasteiger partial charge in [-0.05, 0) is 19.4 Å². The maximum Gasteiger partial charge on any atom is 0.308 e. The van der Waals surface area contributed by atoms with Crippen LogP contribution in [0.15, 0.2) is 18.2 Å². The SMILES string of the molecule is CCOC(=O)CC(O)C(O)c1cc(C)ccc1C=O. The fourth-order valence-corrected chi connectivity index (χ4v) is 1.77. The molecule has 0 aromatic heterocycles. The Bertz CT molecular complexity index is 455. The highest BCUT2D eigenvalue weighted by Gasteiger charge is 2.24. The Balaban J connectivity index is 2.86. The molecule has 1 rings (SSSR count). The smallest absolute Gasteiger partial charge is 0.308 e. The van der Waals surface area contributed by atoms with Gasteiger partial charge in [0.1, 0.15) is 12.4 Å². The lowest BCUT2D eigenvalue weighted by atomic mass is 9.96. The second-order valence-electron chi connectivity index (χ2n) is 4.27. The molecule has 104 valence electrons. The summed E-state index contributed by atoms with van der Waals surface area (Å²) >= 11 is 0. The van der Waals surface area contributed by atoms with Gasteiger partial charge >= 0.3 is 5.97 Å². The molecule has 2 atom stereocenters. The Kier molecular flexibility index (Phi) is 5.66. The fraction of sp³-hybridized carbons (Fsp3) is 0.429. The summed E-state index contributed by atoms with van der Waals surface area (Å²) in [6.45, 7) is 3.68. The molecule has 0 fully saturated rings. The van der Waals surface area contributed by atoms with Gasteiger partial charge in [-0.3, -0.25) is 9.59 Å². The summed E-state index contributed by atoms with van der Waals surface area (Å²) in [5.41, 5.74) is 1.45. The summed E-state index contributed by atoms with van der Waals surface area (Å²) in [4.78, 5) is 22.2. The van der Waals surface area contributed by atoms with Gasteiger partial charge in [0, 0.05) is 5.56 Å². The van der Waals surface area contributed by atoms with Gasteiger partial charge in [-0.2, -0.15) is 0 Å². The first-order valence-electron chi connectivity index (χ1n) is 6.07. The Morgan fingerprint density at radius 2 is 2.11 bits per heavy atom. The lowest BCUT2D eigenvalue weighted by Gasteiger charge is -2.19. The van der Waals surface area contributed by atoms with Crippen LogP contribution >= 0.6 is 0 Å². The van der Waals surface area contributed by atoms with Crippen LogP contribution < -0.4 is 0 Å². The van der Waals surface area contributed by atoms with Gasteiger partial charge in [0.05, 0.1) is 19.1 Å². The number of aldehydes is 1. The summed E-state index contributed by atoms with van der Waals surface area (Å²) in [6.07, 6.45) is -2.32. The predicted molar refractivity (Wildman–Crippen MR) is 68.8 cm³/mol. The molecular weight excluding hydrogens is 248 g/mol. The average Bonchev–Trinajstić information content (AvgIpc) is 2.37. The number of esters is 1. The van der Waals surface area contributed by atoms with Gasteiger partial charge in [-0.1, -0.05) is 23.8 Å². The standard InChI is InChI=1S/C14H18O5/c1-3-19-13(17)7-12(16)14(18)11-6-9(2)4-5-10(11)8-15/h4-6,8,12,14,16,18H,3,7H2,1-2H3. The molecule has 0 bridgehead atoms. The van der Waals surface area contributed by atoms with Crippen molar-refractivity contribution in [1.82, 2.24) is 0 Å². The normalized spacial score (nSPS) is 13.7. The maximum absolute atomic E-state index is 11.2. The van der Waals surface area contributed by atoms with Gasteiger partial charge < -0.3 is 14.9 Å². The van der Waals surface area contributed by atoms with Gasteiger partial charge in [0.2, 0.25) is 0 Å². The van der Waals surface area contributed by atoms with Crippen molar-refractivity contribution >= 4 is 12.3 Å². The van der Waals surface area contributed by atoms with Crippen molar-refractivity contribution in [2.24, 2.45) is 0 Å². The van der Waals surface area contributed by atoms with Crippen LogP contribution in [0.2, 0.25) is 0 Å². The molecule has 0 aliphatic rings. The third kappa shape index (κ3) is 4.15. The molecule has 2 N–H and O–H groups in total. The minimum absolute atomic E-state index is 0.214. The third-order valence-electron chi connectivity index (χ3n) is 2.73. The van der Waals surface area contributed by atoms with E-state index < -0.39 is 18.2 Å². The highest BCUT2D eigenvalue weighted by Crippen LogP contribution is 2.23. The first-order chi connectivity index (χ1) is 8.99. The highest BCUT2D eigenvalue weighted by molar-refractivity contribution is 5.78. The highest BCUT2D eigenvalue weighted by atomic mass is 16.5. The third-order valence-corrected chi connectivity index (χ3v) is 2.73. The van der Waals surface area contributed by atoms with Crippen LogP contribution in [0.3, 0.4) is 0 Å². The summed E-state index contributed by atoms with van der Waals surface area (Å²) in [5, 5.41) is 19.8. The average molecular weight is 266 g/mol. The number of aryl methyl sites for hydroxylation is 1. The molecule has 2 unspecified atom stereocenters. The number of hydrogen-bond donors (Lipinski definition) is 2. The summed E-state index contributed by atoms with van der Waals surface area (Å²) in [7, 11) is 0. The first kappa shape index (κ1) is 15.3. The van der Waals surface area contributed by atoms with E-state index in [-0.39, 0.29) is 13.0 Å². The zero-order valence-electron chi connectivity index (χ0n) is 11.0. The van der Waals surface area contributed by atoms with E-state index in [2.05, 4.69) is 0 Å². The zero-order valence-corrected chi connectivity index (χ0v) is 11.0. The van der Waals surface area contributed by atoms with Crippen LogP contribution in [0.5, 0.6) is 0 Å². The Hall–Kier alpha value is -1.72. The van der Waals surface area contributed by atoms with E-state index in [9.17, 15) is 19.8 Å². The van der Waals surface area contributed by atoms with Crippen LogP contribution in [-0.4, -0.2) is 35.2 Å². The Morgan fingerprint density at radius 1 is 1.42 bits per heavy atom. The number of aliphatic hydroxyl groups excluding tert-OH is 2. The van der Waals surface area contributed by atoms with Crippen LogP contribution in [0.4, 0.5) is 0 Å². The van der Waals surface area contributed by atoms with Crippen molar-refractivity contribution in [2.45, 2.75) is 32.5 Å². The van der Waals surface area contributed by atoms with Crippen LogP contribution in [0.25, 0.3) is 0 Å². The van der Waals surface area contributed by atoms with Gasteiger partial charge in [0.15, 0.2) is 0 Å². The van der Waals surface area contributed by atoms with Gasteiger partial charge in [0.25, 0.3) is 0 Å². The molecule has 0 aliphatic carbocycles. The summed E-state index contributed by atoms with van der Waals surface area (Å²) < 4.78 is 4.70. The minimum atomic E-state index is -1.31. The molecule has 19 heavy (non-hydrogen) atoms. The largest absolute Gasteiger partial charge is 0.466 e. The zero-order chi connectivity index (χ0) is 14.4. The first-order valence-corrected chi connectivity index (χ1v) is 6.07. The molecule has 0 saturated heterocycles. The maximum atomic E-state index is 11.2. The number of ether oxygens (including phenoxy) is 1. The second-order valence-corrected chi connectivity index (χ2v) is 4.27. The van der Waals surface area contributed by atoms with Crippen molar-refractivity contribution in [3.05, 3.63) is 34.9 Å². The molecule has 0 spiro atoms. The second kappa shape index (κ2) is 7.01. The fourth-order valence-electron chi connectivity index (χ4n) is 1.77. The molecule has 0 heterocycles. The van der Waals surface area contributed by atoms with E-state index in [1.165, 1.54) is 0 Å². The van der Waals surface area contributed by atoms with Crippen LogP contribution in [0.1, 0.15) is 40.9 Å². The van der Waals surface area contributed by atoms with Crippen molar-refractivity contribution < 1.29 is 24.5 Å². The number of hydrogen-bond acceptors (Lipinski definition) is 5. The van der Waals surface area contributed by atoms with E-state index in [1.54, 1.807) is 25.1 Å². The minimum Gasteiger partial charge on any atom is -0.466 e. The molecule has 5 heteroatoms. The van der Waals surface area contributed by atoms with E-state index in [0.717, 1.165) is 5.56 Å². The summed E-state index contributed by atoms with van der Waals surface area (Å²) in [6, 6.07) is 4.92. The van der Waals surface area contributed by atoms with Crippen molar-refractivity contribution in [1.29, 1.82) is 0 Å². The number of benzene rings is 1. The van der Waals surface area contributed by atoms with Gasteiger partial charge in [-0.25, -0.2) is 0 Å². The molecule has 1 aromatic rings. The van der Waals surface area contributed by atoms with E-state index in [4.69, 9.17) is 4.74 Å². The Morgan fingerprint density at radius 3 is 2.68 bits per heavy atom. The van der Waals surface area contributed by atoms with Gasteiger partial charge in [-0.15, -0.1) is 0 Å². The molecule has 0 saturated carbocycles. The number of rotatable bonds is 6. The Labute approximate surface area is 111 Å². The van der Waals surface area contributed by atoms with Crippen molar-refractivity contribution in [3.8, 4) is 0 Å². The monoisotopic (exact) mass is 266 g/mol. The number of carbonyl (C=O) groups excluding carboxylic acids is 2. The number of aliphatic hydroxyl groups is 2. The summed E-state index contributed by atoms with van der Waals surface area (Å²) in [5.74, 6) is -0.589. The molecule has 1 aromatic carbocycles. The van der Waals surface area contributed by atoms with Crippen molar-refractivity contribution in [2.75, 3.05) is 6.61 Å². The molecule has 0 aliphatic heterocycles. The molecule has 0 amide bonds. The van der Waals surface area contributed by atoms with Crippen molar-refractivity contribution in [3.63, 3.8) is 0 Å². The van der Waals surface area contributed by atoms with E-state index in [1.807, 2.05) is 6.92 Å². The molecular formula is C14H18O5. The van der Waals surface area contributed by atoms with Crippen LogP contribution in [0, 0.1) is 6.92 Å². The molecule has 0 radical (unpaired) electrons. The van der Waals surface area contributed by atoms with E-state index in [0.29, 0.717) is 17.4 Å². The van der Waals surface area contributed by atoms with E-state index >= 15 is 0 Å². The quantitative estimate of drug-likeness (QED) is 0.596. The van der Waals surface area contributed by atoms with Crippen LogP contribution in [-0.2, 0) is 9.53 Å². The lowest BCUT2D eigenvalue weighted by molar-refractivity contribution is -0.147. The number of carbonyl (C=O) groups is 2. The predicted octanol–water partition coefficient (Wildman–Crippen LogP) is 1.16. The lowest BCUT2D eigenvalue weighted by Crippen LogP contribution is -2.24. The topological polar surface area (TPSA) is 83.8 Å².